The number of nitrogens with two attached hydrogens (primary N) is 1. The molecule has 1 aromatic rings. The van der Waals surface area contributed by atoms with E-state index in [0.29, 0.717) is 11.3 Å². The van der Waals surface area contributed by atoms with E-state index in [4.69, 9.17) is 22.4 Å². The summed E-state index contributed by atoms with van der Waals surface area (Å²) in [4.78, 5) is 10.8. The highest BCUT2D eigenvalue weighted by molar-refractivity contribution is 7.99. The average molecular weight is 292 g/mol. The number of carbonyl (C=O) groups is 1. The molecule has 0 fully saturated rings. The highest BCUT2D eigenvalue weighted by Gasteiger charge is 2.32. The Hall–Kier alpha value is -0.780. The van der Waals surface area contributed by atoms with Gasteiger partial charge in [0.2, 0.25) is 0 Å². The molecule has 0 aromatic heterocycles. The van der Waals surface area contributed by atoms with Crippen LogP contribution >= 0.6 is 23.4 Å². The van der Waals surface area contributed by atoms with Crippen molar-refractivity contribution < 1.29 is 14.3 Å². The first-order valence-electron chi connectivity index (χ1n) is 5.31. The normalized spacial score (nSPS) is 13.4. The molecule has 3 nitrogen and oxygen atoms in total. The number of rotatable bonds is 5. The molecular weight excluding hydrogens is 277 g/mol. The molecule has 0 aliphatic carbocycles. The van der Waals surface area contributed by atoms with E-state index >= 15 is 0 Å². The molecule has 0 saturated carbocycles. The minimum atomic E-state index is -1.07. The number of thioether (sulfide) groups is 1. The van der Waals surface area contributed by atoms with Crippen LogP contribution in [0.15, 0.2) is 18.2 Å². The zero-order valence-corrected chi connectivity index (χ0v) is 11.7. The fraction of sp³-hybridized carbons (Fsp3) is 0.417. The molecule has 0 spiro atoms. The minimum Gasteiger partial charge on any atom is -0.480 e. The van der Waals surface area contributed by atoms with E-state index in [0.717, 1.165) is 0 Å². The molecule has 0 radical (unpaired) electrons. The molecule has 0 heterocycles. The van der Waals surface area contributed by atoms with E-state index in [-0.39, 0.29) is 5.02 Å². The lowest BCUT2D eigenvalue weighted by atomic mass is 10.1. The fourth-order valence-electron chi connectivity index (χ4n) is 1.31. The zero-order chi connectivity index (χ0) is 13.9. The number of aliphatic carboxylic acids is 1. The highest BCUT2D eigenvalue weighted by Crippen LogP contribution is 2.32. The summed E-state index contributed by atoms with van der Waals surface area (Å²) in [7, 11) is 0. The lowest BCUT2D eigenvalue weighted by molar-refractivity contribution is -0.139. The first-order valence-corrected chi connectivity index (χ1v) is 6.67. The van der Waals surface area contributed by atoms with Gasteiger partial charge in [-0.1, -0.05) is 23.7 Å². The predicted molar refractivity (Wildman–Crippen MR) is 72.4 cm³/mol. The summed E-state index contributed by atoms with van der Waals surface area (Å²) in [6.07, 6.45) is 0. The molecule has 0 amide bonds. The van der Waals surface area contributed by atoms with E-state index < -0.39 is 22.6 Å². The number of hydrogen-bond donors (Lipinski definition) is 2. The third-order valence-corrected chi connectivity index (χ3v) is 4.39. The summed E-state index contributed by atoms with van der Waals surface area (Å²) >= 11 is 6.96. The van der Waals surface area contributed by atoms with Crippen LogP contribution in [0.25, 0.3) is 0 Å². The number of carboxylic acids is 1. The van der Waals surface area contributed by atoms with Crippen molar-refractivity contribution in [3.05, 3.63) is 34.6 Å². The number of carboxylic acid groups (broad SMARTS) is 1. The van der Waals surface area contributed by atoms with Gasteiger partial charge in [-0.3, -0.25) is 4.79 Å². The molecule has 3 N–H and O–H groups in total. The van der Waals surface area contributed by atoms with Gasteiger partial charge in [0.15, 0.2) is 0 Å². The quantitative estimate of drug-likeness (QED) is 0.875. The van der Waals surface area contributed by atoms with Crippen molar-refractivity contribution in [3.63, 3.8) is 0 Å². The summed E-state index contributed by atoms with van der Waals surface area (Å²) in [6, 6.07) is 3.74. The summed E-state index contributed by atoms with van der Waals surface area (Å²) in [6.45, 7) is 3.44. The second-order valence-corrected chi connectivity index (χ2v) is 6.46. The van der Waals surface area contributed by atoms with Crippen LogP contribution in [0.1, 0.15) is 19.4 Å². The highest BCUT2D eigenvalue weighted by atomic mass is 35.5. The Morgan fingerprint density at radius 2 is 2.22 bits per heavy atom. The zero-order valence-electron chi connectivity index (χ0n) is 10.1. The second kappa shape index (κ2) is 5.91. The van der Waals surface area contributed by atoms with E-state index in [1.165, 1.54) is 17.8 Å². The molecular formula is C12H15ClFNO2S. The summed E-state index contributed by atoms with van der Waals surface area (Å²) in [5, 5.41) is 8.94. The maximum atomic E-state index is 13.6. The van der Waals surface area contributed by atoms with Gasteiger partial charge in [0.25, 0.3) is 0 Å². The minimum absolute atomic E-state index is 0.0634. The largest absolute Gasteiger partial charge is 0.480 e. The SMILES string of the molecule is CC(C)(SCc1cccc(Cl)c1F)[C@@H](N)C(=O)O. The Kier molecular flexibility index (Phi) is 5.01. The Morgan fingerprint density at radius 3 is 2.78 bits per heavy atom. The van der Waals surface area contributed by atoms with Crippen molar-refractivity contribution in [2.24, 2.45) is 5.73 Å². The number of hydrogen-bond acceptors (Lipinski definition) is 3. The van der Waals surface area contributed by atoms with Crippen molar-refractivity contribution in [2.75, 3.05) is 0 Å². The molecule has 0 unspecified atom stereocenters. The van der Waals surface area contributed by atoms with Crippen LogP contribution < -0.4 is 5.73 Å². The van der Waals surface area contributed by atoms with Crippen LogP contribution in [-0.4, -0.2) is 21.9 Å². The molecule has 0 bridgehead atoms. The summed E-state index contributed by atoms with van der Waals surface area (Å²) in [5.41, 5.74) is 6.03. The van der Waals surface area contributed by atoms with E-state index in [1.807, 2.05) is 0 Å². The van der Waals surface area contributed by atoms with Gasteiger partial charge in [0, 0.05) is 10.5 Å². The molecule has 6 heteroatoms. The van der Waals surface area contributed by atoms with Gasteiger partial charge in [0.05, 0.1) is 5.02 Å². The average Bonchev–Trinajstić information content (AvgIpc) is 2.30. The molecule has 0 aliphatic heterocycles. The van der Waals surface area contributed by atoms with Gasteiger partial charge in [-0.25, -0.2) is 4.39 Å². The second-order valence-electron chi connectivity index (χ2n) is 4.42. The standard InChI is InChI=1S/C12H15ClFNO2S/c1-12(2,10(15)11(16)17)18-6-7-4-3-5-8(13)9(7)14/h3-5,10H,6,15H2,1-2H3,(H,16,17)/t10-/m0/s1. The van der Waals surface area contributed by atoms with Crippen molar-refractivity contribution in [3.8, 4) is 0 Å². The van der Waals surface area contributed by atoms with Gasteiger partial charge in [-0.05, 0) is 25.5 Å². The van der Waals surface area contributed by atoms with Crippen LogP contribution in [0, 0.1) is 5.82 Å². The van der Waals surface area contributed by atoms with Crippen molar-refractivity contribution in [2.45, 2.75) is 30.4 Å². The maximum Gasteiger partial charge on any atom is 0.321 e. The lowest BCUT2D eigenvalue weighted by Crippen LogP contribution is -2.46. The first-order chi connectivity index (χ1) is 8.25. The monoisotopic (exact) mass is 291 g/mol. The van der Waals surface area contributed by atoms with Crippen LogP contribution in [-0.2, 0) is 10.5 Å². The van der Waals surface area contributed by atoms with Crippen molar-refractivity contribution in [1.82, 2.24) is 0 Å². The molecule has 18 heavy (non-hydrogen) atoms. The number of halogens is 2. The first kappa shape index (κ1) is 15.3. The summed E-state index contributed by atoms with van der Waals surface area (Å²) in [5.74, 6) is -1.22. The van der Waals surface area contributed by atoms with Gasteiger partial charge >= 0.3 is 5.97 Å². The Labute approximate surface area is 115 Å². The topological polar surface area (TPSA) is 63.3 Å². The van der Waals surface area contributed by atoms with E-state index in [9.17, 15) is 9.18 Å². The predicted octanol–water partition coefficient (Wildman–Crippen LogP) is 2.90. The van der Waals surface area contributed by atoms with Crippen LogP contribution in [0.2, 0.25) is 5.02 Å². The van der Waals surface area contributed by atoms with Crippen molar-refractivity contribution in [1.29, 1.82) is 0 Å². The van der Waals surface area contributed by atoms with Crippen molar-refractivity contribution >= 4 is 29.3 Å². The van der Waals surface area contributed by atoms with Crippen LogP contribution in [0.4, 0.5) is 4.39 Å². The molecule has 100 valence electrons. The van der Waals surface area contributed by atoms with E-state index in [1.54, 1.807) is 26.0 Å². The smallest absolute Gasteiger partial charge is 0.321 e. The van der Waals surface area contributed by atoms with Crippen LogP contribution in [0.3, 0.4) is 0 Å². The third kappa shape index (κ3) is 3.60. The fourth-order valence-corrected chi connectivity index (χ4v) is 2.54. The molecule has 0 aliphatic rings. The maximum absolute atomic E-state index is 13.6. The number of benzene rings is 1. The molecule has 1 aromatic carbocycles. The van der Waals surface area contributed by atoms with Gasteiger partial charge in [-0.15, -0.1) is 11.8 Å². The van der Waals surface area contributed by atoms with Crippen LogP contribution in [0.5, 0.6) is 0 Å². The third-order valence-electron chi connectivity index (χ3n) is 2.65. The molecule has 1 rings (SSSR count). The Bertz CT molecular complexity index is 454. The van der Waals surface area contributed by atoms with Gasteiger partial charge in [-0.2, -0.15) is 0 Å². The lowest BCUT2D eigenvalue weighted by Gasteiger charge is -2.28. The van der Waals surface area contributed by atoms with Gasteiger partial charge < -0.3 is 10.8 Å². The van der Waals surface area contributed by atoms with Gasteiger partial charge in [0.1, 0.15) is 11.9 Å². The summed E-state index contributed by atoms with van der Waals surface area (Å²) < 4.78 is 12.9. The molecule has 1 atom stereocenters. The molecule has 0 saturated heterocycles. The Balaban J connectivity index is 2.76. The Morgan fingerprint density at radius 1 is 1.61 bits per heavy atom. The van der Waals surface area contributed by atoms with E-state index in [2.05, 4.69) is 0 Å².